The average Bonchev–Trinajstić information content (AvgIpc) is 3.01. The fourth-order valence-corrected chi connectivity index (χ4v) is 3.52. The smallest absolute Gasteiger partial charge is 0.122 e. The van der Waals surface area contributed by atoms with Crippen LogP contribution in [-0.4, -0.2) is 31.9 Å². The standard InChI is InChI=1S/C17H23NO2/c1-4-16-14(6-9-19-16)11-12(1)5-8-18-15-7-10-20-17(15)13-2-3-13/h1,4,11,13,15,17-18H,2-3,5-10H2. The van der Waals surface area contributed by atoms with Crippen LogP contribution < -0.4 is 10.1 Å². The van der Waals surface area contributed by atoms with Gasteiger partial charge in [-0.3, -0.25) is 0 Å². The van der Waals surface area contributed by atoms with Gasteiger partial charge in [-0.15, -0.1) is 0 Å². The van der Waals surface area contributed by atoms with Crippen LogP contribution in [0.2, 0.25) is 0 Å². The van der Waals surface area contributed by atoms with Crippen LogP contribution in [0.3, 0.4) is 0 Å². The molecule has 0 radical (unpaired) electrons. The van der Waals surface area contributed by atoms with Crippen LogP contribution in [-0.2, 0) is 17.6 Å². The molecule has 2 aliphatic heterocycles. The molecule has 3 aliphatic rings. The summed E-state index contributed by atoms with van der Waals surface area (Å²) < 4.78 is 11.4. The van der Waals surface area contributed by atoms with Crippen molar-refractivity contribution in [2.24, 2.45) is 5.92 Å². The molecule has 2 heterocycles. The van der Waals surface area contributed by atoms with Crippen LogP contribution in [0.4, 0.5) is 0 Å². The quantitative estimate of drug-likeness (QED) is 0.893. The van der Waals surface area contributed by atoms with E-state index in [1.807, 2.05) is 0 Å². The number of nitrogens with one attached hydrogen (secondary N) is 1. The first-order chi connectivity index (χ1) is 9.90. The SMILES string of the molecule is c1cc2c(cc1CCNC1CCOC1C1CC1)CCO2. The fraction of sp³-hybridized carbons (Fsp3) is 0.647. The number of fused-ring (bicyclic) bond motifs is 1. The molecule has 108 valence electrons. The Balaban J connectivity index is 1.30. The molecule has 2 fully saturated rings. The summed E-state index contributed by atoms with van der Waals surface area (Å²) in [5, 5.41) is 3.71. The Hall–Kier alpha value is -1.06. The minimum atomic E-state index is 0.489. The summed E-state index contributed by atoms with van der Waals surface area (Å²) in [6.45, 7) is 2.84. The van der Waals surface area contributed by atoms with Gasteiger partial charge in [0.1, 0.15) is 5.75 Å². The van der Waals surface area contributed by atoms with E-state index in [0.717, 1.165) is 44.3 Å². The maximum Gasteiger partial charge on any atom is 0.122 e. The van der Waals surface area contributed by atoms with Crippen molar-refractivity contribution in [2.75, 3.05) is 19.8 Å². The summed E-state index contributed by atoms with van der Waals surface area (Å²) in [6.07, 6.45) is 6.57. The van der Waals surface area contributed by atoms with Gasteiger partial charge in [-0.1, -0.05) is 12.1 Å². The molecule has 1 aliphatic carbocycles. The third-order valence-corrected chi connectivity index (χ3v) is 4.80. The van der Waals surface area contributed by atoms with Crippen LogP contribution in [0.25, 0.3) is 0 Å². The van der Waals surface area contributed by atoms with Crippen LogP contribution in [0.1, 0.15) is 30.4 Å². The molecule has 1 saturated carbocycles. The molecule has 3 nitrogen and oxygen atoms in total. The molecule has 2 unspecified atom stereocenters. The highest BCUT2D eigenvalue weighted by Gasteiger charge is 2.40. The van der Waals surface area contributed by atoms with E-state index in [1.54, 1.807) is 0 Å². The van der Waals surface area contributed by atoms with Crippen molar-refractivity contribution in [1.82, 2.24) is 5.32 Å². The number of rotatable bonds is 5. The minimum Gasteiger partial charge on any atom is -0.493 e. The maximum absolute atomic E-state index is 5.87. The molecular formula is C17H23NO2. The Morgan fingerprint density at radius 3 is 3.00 bits per heavy atom. The predicted molar refractivity (Wildman–Crippen MR) is 78.2 cm³/mol. The maximum atomic E-state index is 5.87. The summed E-state index contributed by atoms with van der Waals surface area (Å²) >= 11 is 0. The monoisotopic (exact) mass is 273 g/mol. The lowest BCUT2D eigenvalue weighted by atomic mass is 10.0. The molecule has 0 bridgehead atoms. The van der Waals surface area contributed by atoms with Gasteiger partial charge in [-0.2, -0.15) is 0 Å². The van der Waals surface area contributed by atoms with Gasteiger partial charge >= 0.3 is 0 Å². The summed E-state index contributed by atoms with van der Waals surface area (Å²) in [5.74, 6) is 1.92. The van der Waals surface area contributed by atoms with Crippen LogP contribution >= 0.6 is 0 Å². The molecule has 20 heavy (non-hydrogen) atoms. The first-order valence-electron chi connectivity index (χ1n) is 8.00. The van der Waals surface area contributed by atoms with Gasteiger partial charge in [-0.25, -0.2) is 0 Å². The molecule has 1 aromatic carbocycles. The lowest BCUT2D eigenvalue weighted by Gasteiger charge is -2.19. The third kappa shape index (κ3) is 2.57. The summed E-state index contributed by atoms with van der Waals surface area (Å²) in [7, 11) is 0. The molecule has 1 saturated heterocycles. The lowest BCUT2D eigenvalue weighted by Crippen LogP contribution is -2.38. The van der Waals surface area contributed by atoms with Crippen molar-refractivity contribution < 1.29 is 9.47 Å². The highest BCUT2D eigenvalue weighted by atomic mass is 16.5. The van der Waals surface area contributed by atoms with E-state index < -0.39 is 0 Å². The number of benzene rings is 1. The second-order valence-corrected chi connectivity index (χ2v) is 6.31. The molecule has 1 aromatic rings. The Labute approximate surface area is 120 Å². The van der Waals surface area contributed by atoms with E-state index >= 15 is 0 Å². The molecular weight excluding hydrogens is 250 g/mol. The van der Waals surface area contributed by atoms with E-state index in [2.05, 4.69) is 23.5 Å². The van der Waals surface area contributed by atoms with Crippen molar-refractivity contribution in [1.29, 1.82) is 0 Å². The second-order valence-electron chi connectivity index (χ2n) is 6.31. The molecule has 4 rings (SSSR count). The largest absolute Gasteiger partial charge is 0.493 e. The summed E-state index contributed by atoms with van der Waals surface area (Å²) in [4.78, 5) is 0. The average molecular weight is 273 g/mol. The van der Waals surface area contributed by atoms with E-state index in [9.17, 15) is 0 Å². The van der Waals surface area contributed by atoms with Gasteiger partial charge in [0.2, 0.25) is 0 Å². The van der Waals surface area contributed by atoms with Crippen molar-refractivity contribution in [3.8, 4) is 5.75 Å². The van der Waals surface area contributed by atoms with Crippen LogP contribution in [0.5, 0.6) is 5.75 Å². The first kappa shape index (κ1) is 12.7. The Bertz CT molecular complexity index is 484. The zero-order valence-electron chi connectivity index (χ0n) is 11.9. The Morgan fingerprint density at radius 2 is 2.10 bits per heavy atom. The van der Waals surface area contributed by atoms with E-state index in [1.165, 1.54) is 30.4 Å². The summed E-state index contributed by atoms with van der Waals surface area (Å²) in [6, 6.07) is 7.23. The van der Waals surface area contributed by atoms with Gasteiger partial charge in [0.15, 0.2) is 0 Å². The van der Waals surface area contributed by atoms with Crippen molar-refractivity contribution in [3.05, 3.63) is 29.3 Å². The molecule has 3 heteroatoms. The topological polar surface area (TPSA) is 30.5 Å². The summed E-state index contributed by atoms with van der Waals surface area (Å²) in [5.41, 5.74) is 2.80. The van der Waals surface area contributed by atoms with Crippen LogP contribution in [0.15, 0.2) is 18.2 Å². The second kappa shape index (κ2) is 5.38. The first-order valence-corrected chi connectivity index (χ1v) is 8.00. The van der Waals surface area contributed by atoms with E-state index in [0.29, 0.717) is 12.1 Å². The molecule has 0 spiro atoms. The molecule has 0 amide bonds. The zero-order chi connectivity index (χ0) is 13.4. The van der Waals surface area contributed by atoms with Crippen molar-refractivity contribution >= 4 is 0 Å². The van der Waals surface area contributed by atoms with Gasteiger partial charge < -0.3 is 14.8 Å². The molecule has 0 aromatic heterocycles. The van der Waals surface area contributed by atoms with Crippen molar-refractivity contribution in [2.45, 2.75) is 44.2 Å². The molecule has 1 N–H and O–H groups in total. The van der Waals surface area contributed by atoms with E-state index in [4.69, 9.17) is 9.47 Å². The highest BCUT2D eigenvalue weighted by Crippen LogP contribution is 2.38. The third-order valence-electron chi connectivity index (χ3n) is 4.80. The highest BCUT2D eigenvalue weighted by molar-refractivity contribution is 5.39. The predicted octanol–water partition coefficient (Wildman–Crippen LogP) is 2.32. The minimum absolute atomic E-state index is 0.489. The van der Waals surface area contributed by atoms with Crippen molar-refractivity contribution in [3.63, 3.8) is 0 Å². The lowest BCUT2D eigenvalue weighted by molar-refractivity contribution is 0.0813. The van der Waals surface area contributed by atoms with Gasteiger partial charge in [0.05, 0.1) is 12.7 Å². The normalized spacial score (nSPS) is 28.4. The number of hydrogen-bond acceptors (Lipinski definition) is 3. The number of ether oxygens (including phenoxy) is 2. The Kier molecular flexibility index (Phi) is 3.41. The van der Waals surface area contributed by atoms with E-state index in [-0.39, 0.29) is 0 Å². The zero-order valence-corrected chi connectivity index (χ0v) is 11.9. The van der Waals surface area contributed by atoms with Gasteiger partial charge in [0, 0.05) is 19.1 Å². The molecule has 2 atom stereocenters. The fourth-order valence-electron chi connectivity index (χ4n) is 3.52. The number of hydrogen-bond donors (Lipinski definition) is 1. The van der Waals surface area contributed by atoms with Gasteiger partial charge in [-0.05, 0) is 55.3 Å². The Morgan fingerprint density at radius 1 is 1.15 bits per heavy atom. The van der Waals surface area contributed by atoms with Crippen LogP contribution in [0, 0.1) is 5.92 Å². The van der Waals surface area contributed by atoms with Gasteiger partial charge in [0.25, 0.3) is 0 Å².